The molecule has 0 bridgehead atoms. The average molecular weight is 354 g/mol. The highest BCUT2D eigenvalue weighted by atomic mass is 79.9. The molecule has 112 valence electrons. The lowest BCUT2D eigenvalue weighted by atomic mass is 10.1. The summed E-state index contributed by atoms with van der Waals surface area (Å²) in [4.78, 5) is 0. The van der Waals surface area contributed by atoms with Crippen molar-refractivity contribution >= 4 is 15.9 Å². The zero-order valence-electron chi connectivity index (χ0n) is 11.9. The molecule has 0 heterocycles. The van der Waals surface area contributed by atoms with Gasteiger partial charge in [0.2, 0.25) is 0 Å². The summed E-state index contributed by atoms with van der Waals surface area (Å²) in [7, 11) is 1.61. The Morgan fingerprint density at radius 2 is 1.90 bits per heavy atom. The molecule has 2 N–H and O–H groups in total. The molecule has 0 fully saturated rings. The van der Waals surface area contributed by atoms with Gasteiger partial charge in [0.25, 0.3) is 0 Å². The van der Waals surface area contributed by atoms with Crippen LogP contribution < -0.4 is 15.2 Å². The molecule has 0 unspecified atom stereocenters. The Morgan fingerprint density at radius 3 is 2.52 bits per heavy atom. The number of hydrogen-bond donors (Lipinski definition) is 1. The van der Waals surface area contributed by atoms with Gasteiger partial charge in [-0.25, -0.2) is 4.39 Å². The van der Waals surface area contributed by atoms with Crippen molar-refractivity contribution in [3.63, 3.8) is 0 Å². The van der Waals surface area contributed by atoms with E-state index in [1.165, 1.54) is 12.1 Å². The van der Waals surface area contributed by atoms with Crippen LogP contribution in [0.5, 0.6) is 11.5 Å². The standard InChI is InChI=1S/C16H17BrFNO2/c1-10(19)13-8-12(18)4-6-15(13)21-9-11-3-5-16(20-2)14(17)7-11/h3-8,10H,9,19H2,1-2H3/t10-/m0/s1. The second-order valence-corrected chi connectivity index (χ2v) is 5.58. The predicted octanol–water partition coefficient (Wildman–Crippen LogP) is 4.20. The summed E-state index contributed by atoms with van der Waals surface area (Å²) in [5, 5.41) is 0. The molecule has 0 aliphatic rings. The zero-order valence-corrected chi connectivity index (χ0v) is 13.5. The molecule has 0 radical (unpaired) electrons. The molecular weight excluding hydrogens is 337 g/mol. The van der Waals surface area contributed by atoms with Crippen LogP contribution in [0.2, 0.25) is 0 Å². The van der Waals surface area contributed by atoms with Crippen LogP contribution in [0.15, 0.2) is 40.9 Å². The molecule has 3 nitrogen and oxygen atoms in total. The van der Waals surface area contributed by atoms with Crippen molar-refractivity contribution in [2.75, 3.05) is 7.11 Å². The number of ether oxygens (including phenoxy) is 2. The Hall–Kier alpha value is -1.59. The Labute approximate surface area is 132 Å². The lowest BCUT2D eigenvalue weighted by molar-refractivity contribution is 0.300. The summed E-state index contributed by atoms with van der Waals surface area (Å²) in [6, 6.07) is 9.78. The second-order valence-electron chi connectivity index (χ2n) is 4.73. The van der Waals surface area contributed by atoms with E-state index < -0.39 is 0 Å². The maximum Gasteiger partial charge on any atom is 0.133 e. The third kappa shape index (κ3) is 3.95. The van der Waals surface area contributed by atoms with Gasteiger partial charge in [-0.15, -0.1) is 0 Å². The normalized spacial score (nSPS) is 12.0. The molecule has 2 aromatic rings. The van der Waals surface area contributed by atoms with Crippen LogP contribution in [0.1, 0.15) is 24.1 Å². The Kier molecular flexibility index (Phi) is 5.20. The molecule has 0 aliphatic heterocycles. The highest BCUT2D eigenvalue weighted by Gasteiger charge is 2.10. The molecule has 1 atom stereocenters. The summed E-state index contributed by atoms with van der Waals surface area (Å²) in [5.74, 6) is 1.04. The van der Waals surface area contributed by atoms with Gasteiger partial charge in [-0.05, 0) is 58.7 Å². The van der Waals surface area contributed by atoms with E-state index >= 15 is 0 Å². The summed E-state index contributed by atoms with van der Waals surface area (Å²) < 4.78 is 25.1. The van der Waals surface area contributed by atoms with Crippen molar-refractivity contribution in [3.05, 3.63) is 57.8 Å². The minimum atomic E-state index is -0.318. The van der Waals surface area contributed by atoms with Crippen molar-refractivity contribution in [3.8, 4) is 11.5 Å². The van der Waals surface area contributed by atoms with E-state index in [1.807, 2.05) is 18.2 Å². The Balaban J connectivity index is 2.15. The summed E-state index contributed by atoms with van der Waals surface area (Å²) in [5.41, 5.74) is 7.47. The maximum atomic E-state index is 13.3. The minimum absolute atomic E-state index is 0.293. The molecule has 2 aromatic carbocycles. The maximum absolute atomic E-state index is 13.3. The minimum Gasteiger partial charge on any atom is -0.496 e. The van der Waals surface area contributed by atoms with Crippen molar-refractivity contribution in [1.29, 1.82) is 0 Å². The van der Waals surface area contributed by atoms with Crippen molar-refractivity contribution in [2.45, 2.75) is 19.6 Å². The Bertz CT molecular complexity index is 632. The first-order valence-corrected chi connectivity index (χ1v) is 7.31. The van der Waals surface area contributed by atoms with Crippen LogP contribution in [0.4, 0.5) is 4.39 Å². The molecule has 0 saturated carbocycles. The number of benzene rings is 2. The highest BCUT2D eigenvalue weighted by Crippen LogP contribution is 2.28. The average Bonchev–Trinajstić information content (AvgIpc) is 2.46. The van der Waals surface area contributed by atoms with Gasteiger partial charge >= 0.3 is 0 Å². The summed E-state index contributed by atoms with van der Waals surface area (Å²) in [6.45, 7) is 2.17. The van der Waals surface area contributed by atoms with Crippen molar-refractivity contribution in [1.82, 2.24) is 0 Å². The highest BCUT2D eigenvalue weighted by molar-refractivity contribution is 9.10. The fourth-order valence-electron chi connectivity index (χ4n) is 1.97. The first-order valence-electron chi connectivity index (χ1n) is 6.51. The lowest BCUT2D eigenvalue weighted by Gasteiger charge is -2.14. The van der Waals surface area contributed by atoms with Gasteiger partial charge in [0, 0.05) is 11.6 Å². The predicted molar refractivity (Wildman–Crippen MR) is 84.0 cm³/mol. The third-order valence-corrected chi connectivity index (χ3v) is 3.69. The van der Waals surface area contributed by atoms with Gasteiger partial charge in [-0.1, -0.05) is 6.07 Å². The fourth-order valence-corrected chi connectivity index (χ4v) is 2.56. The monoisotopic (exact) mass is 353 g/mol. The van der Waals surface area contributed by atoms with E-state index in [9.17, 15) is 4.39 Å². The van der Waals surface area contributed by atoms with Gasteiger partial charge in [0.15, 0.2) is 0 Å². The van der Waals surface area contributed by atoms with Crippen LogP contribution in [-0.2, 0) is 6.61 Å². The van der Waals surface area contributed by atoms with E-state index in [4.69, 9.17) is 15.2 Å². The molecule has 21 heavy (non-hydrogen) atoms. The van der Waals surface area contributed by atoms with Crippen LogP contribution in [0, 0.1) is 5.82 Å². The summed E-state index contributed by atoms with van der Waals surface area (Å²) >= 11 is 3.43. The van der Waals surface area contributed by atoms with E-state index in [0.717, 1.165) is 15.8 Å². The smallest absolute Gasteiger partial charge is 0.133 e. The summed E-state index contributed by atoms with van der Waals surface area (Å²) in [6.07, 6.45) is 0. The number of rotatable bonds is 5. The molecule has 2 rings (SSSR count). The SMILES string of the molecule is COc1ccc(COc2ccc(F)cc2[C@H](C)N)cc1Br. The first-order chi connectivity index (χ1) is 10.0. The molecule has 0 amide bonds. The van der Waals surface area contributed by atoms with Gasteiger partial charge < -0.3 is 15.2 Å². The van der Waals surface area contributed by atoms with E-state index in [2.05, 4.69) is 15.9 Å². The third-order valence-electron chi connectivity index (χ3n) is 3.07. The van der Waals surface area contributed by atoms with Crippen molar-refractivity contribution < 1.29 is 13.9 Å². The van der Waals surface area contributed by atoms with Crippen molar-refractivity contribution in [2.24, 2.45) is 5.73 Å². The zero-order chi connectivity index (χ0) is 15.4. The molecule has 0 aromatic heterocycles. The van der Waals surface area contributed by atoms with E-state index in [0.29, 0.717) is 17.9 Å². The van der Waals surface area contributed by atoms with Crippen LogP contribution >= 0.6 is 15.9 Å². The number of methoxy groups -OCH3 is 1. The van der Waals surface area contributed by atoms with E-state index in [1.54, 1.807) is 20.1 Å². The van der Waals surface area contributed by atoms with E-state index in [-0.39, 0.29) is 11.9 Å². The van der Waals surface area contributed by atoms with Crippen LogP contribution in [0.25, 0.3) is 0 Å². The lowest BCUT2D eigenvalue weighted by Crippen LogP contribution is -2.08. The fraction of sp³-hybridized carbons (Fsp3) is 0.250. The number of halogens is 2. The quantitative estimate of drug-likeness (QED) is 0.876. The molecule has 0 aliphatic carbocycles. The molecule has 5 heteroatoms. The number of hydrogen-bond acceptors (Lipinski definition) is 3. The topological polar surface area (TPSA) is 44.5 Å². The van der Waals surface area contributed by atoms with Gasteiger partial charge in [0.1, 0.15) is 23.9 Å². The van der Waals surface area contributed by atoms with Crippen LogP contribution in [0.3, 0.4) is 0 Å². The Morgan fingerprint density at radius 1 is 1.19 bits per heavy atom. The van der Waals surface area contributed by atoms with Gasteiger partial charge in [0.05, 0.1) is 11.6 Å². The molecular formula is C16H17BrFNO2. The van der Waals surface area contributed by atoms with Gasteiger partial charge in [-0.3, -0.25) is 0 Å². The molecule has 0 saturated heterocycles. The largest absolute Gasteiger partial charge is 0.496 e. The van der Waals surface area contributed by atoms with Gasteiger partial charge in [-0.2, -0.15) is 0 Å². The molecule has 0 spiro atoms. The second kappa shape index (κ2) is 6.91. The first kappa shape index (κ1) is 15.8. The number of nitrogens with two attached hydrogens (primary N) is 1. The van der Waals surface area contributed by atoms with Crippen LogP contribution in [-0.4, -0.2) is 7.11 Å².